The zero-order chi connectivity index (χ0) is 30.5. The highest BCUT2D eigenvalue weighted by atomic mass is 19.4. The van der Waals surface area contributed by atoms with Crippen LogP contribution >= 0.6 is 0 Å². The number of alkyl halides is 3. The molecule has 1 amide bonds. The fourth-order valence-electron chi connectivity index (χ4n) is 4.80. The minimum absolute atomic E-state index is 0.0265. The van der Waals surface area contributed by atoms with Crippen molar-refractivity contribution in [1.29, 1.82) is 0 Å². The molecule has 13 heteroatoms. The molecule has 10 nitrogen and oxygen atoms in total. The summed E-state index contributed by atoms with van der Waals surface area (Å²) in [4.78, 5) is 34.4. The molecule has 1 saturated heterocycles. The normalized spacial score (nSPS) is 15.3. The Labute approximate surface area is 242 Å². The summed E-state index contributed by atoms with van der Waals surface area (Å²) >= 11 is 0. The summed E-state index contributed by atoms with van der Waals surface area (Å²) in [5.41, 5.74) is -0.631. The lowest BCUT2D eigenvalue weighted by Gasteiger charge is -2.33. The van der Waals surface area contributed by atoms with Crippen LogP contribution in [-0.2, 0) is 26.9 Å². The van der Waals surface area contributed by atoms with Crippen molar-refractivity contribution in [3.63, 3.8) is 0 Å². The van der Waals surface area contributed by atoms with Gasteiger partial charge in [0, 0.05) is 31.4 Å². The highest BCUT2D eigenvalue weighted by Crippen LogP contribution is 2.37. The number of methoxy groups -OCH3 is 1. The Balaban J connectivity index is 1.51. The lowest BCUT2D eigenvalue weighted by atomic mass is 9.90. The van der Waals surface area contributed by atoms with Crippen molar-refractivity contribution in [2.45, 2.75) is 70.2 Å². The topological polar surface area (TPSA) is 111 Å². The van der Waals surface area contributed by atoms with Crippen molar-refractivity contribution < 1.29 is 32.2 Å². The van der Waals surface area contributed by atoms with Gasteiger partial charge < -0.3 is 19.7 Å². The number of hydrogen-bond donors (Lipinski definition) is 1. The number of benzene rings is 1. The number of halogens is 3. The highest BCUT2D eigenvalue weighted by molar-refractivity contribution is 5.70. The zero-order valence-corrected chi connectivity index (χ0v) is 24.0. The fraction of sp³-hybridized carbons (Fsp3) is 0.483. The smallest absolute Gasteiger partial charge is 0.419 e. The summed E-state index contributed by atoms with van der Waals surface area (Å²) in [5, 5.41) is 7.36. The molecule has 1 aliphatic rings. The van der Waals surface area contributed by atoms with Crippen LogP contribution in [0.4, 0.5) is 29.6 Å². The second kappa shape index (κ2) is 12.8. The predicted octanol–water partition coefficient (Wildman–Crippen LogP) is 5.90. The molecule has 1 aliphatic heterocycles. The van der Waals surface area contributed by atoms with Gasteiger partial charge in [-0.05, 0) is 45.6 Å². The van der Waals surface area contributed by atoms with Crippen LogP contribution in [0.1, 0.15) is 68.8 Å². The predicted molar refractivity (Wildman–Crippen MR) is 148 cm³/mol. The first-order valence-electron chi connectivity index (χ1n) is 13.7. The molecule has 0 saturated carbocycles. The number of esters is 1. The van der Waals surface area contributed by atoms with Gasteiger partial charge in [-0.25, -0.2) is 14.8 Å². The standard InChI is InChI=1S/C29H35F3N6O4/c1-28(2,3)42-27(40)37-12-10-22(11-13-37)38-18-21(16-34-38)35-26-33-17-23(29(30,31)32)25(36-26)20(15-24(39)41-4)14-19-8-6-5-7-9-19/h5-9,16-18,20,22H,10-15H2,1-4H3,(H,33,35,36). The van der Waals surface area contributed by atoms with Crippen molar-refractivity contribution in [3.05, 3.63) is 65.7 Å². The third kappa shape index (κ3) is 8.20. The van der Waals surface area contributed by atoms with E-state index in [1.165, 1.54) is 13.3 Å². The first kappa shape index (κ1) is 30.8. The Kier molecular flexibility index (Phi) is 9.37. The number of carbonyl (C=O) groups is 2. The molecule has 1 fully saturated rings. The summed E-state index contributed by atoms with van der Waals surface area (Å²) in [6, 6.07) is 8.95. The van der Waals surface area contributed by atoms with Crippen LogP contribution < -0.4 is 5.32 Å². The maximum absolute atomic E-state index is 14.0. The van der Waals surface area contributed by atoms with E-state index in [9.17, 15) is 22.8 Å². The van der Waals surface area contributed by atoms with E-state index in [-0.39, 0.29) is 36.6 Å². The Hall–Kier alpha value is -4.16. The fourth-order valence-corrected chi connectivity index (χ4v) is 4.80. The van der Waals surface area contributed by atoms with Gasteiger partial charge in [0.2, 0.25) is 5.95 Å². The monoisotopic (exact) mass is 588 g/mol. The molecule has 1 unspecified atom stereocenters. The molecule has 3 heterocycles. The summed E-state index contributed by atoms with van der Waals surface area (Å²) in [6.07, 6.45) is 0.110. The van der Waals surface area contributed by atoms with E-state index in [1.807, 2.05) is 20.8 Å². The maximum Gasteiger partial charge on any atom is 0.419 e. The van der Waals surface area contributed by atoms with E-state index in [1.54, 1.807) is 46.1 Å². The van der Waals surface area contributed by atoms with Crippen LogP contribution in [0, 0.1) is 0 Å². The van der Waals surface area contributed by atoms with Gasteiger partial charge in [-0.3, -0.25) is 9.48 Å². The van der Waals surface area contributed by atoms with Crippen LogP contribution in [0.2, 0.25) is 0 Å². The van der Waals surface area contributed by atoms with Crippen LogP contribution in [0.25, 0.3) is 0 Å². The van der Waals surface area contributed by atoms with E-state index >= 15 is 0 Å². The molecular formula is C29H35F3N6O4. The number of ether oxygens (including phenoxy) is 2. The van der Waals surface area contributed by atoms with Crippen molar-refractivity contribution in [1.82, 2.24) is 24.6 Å². The third-order valence-corrected chi connectivity index (χ3v) is 6.82. The Morgan fingerprint density at radius 1 is 1.10 bits per heavy atom. The molecule has 42 heavy (non-hydrogen) atoms. The molecule has 0 bridgehead atoms. The molecule has 1 N–H and O–H groups in total. The first-order chi connectivity index (χ1) is 19.8. The summed E-state index contributed by atoms with van der Waals surface area (Å²) in [6.45, 7) is 6.48. The molecule has 4 rings (SSSR count). The molecule has 2 aromatic heterocycles. The molecule has 1 atom stereocenters. The number of likely N-dealkylation sites (tertiary alicyclic amines) is 1. The number of anilines is 2. The van der Waals surface area contributed by atoms with E-state index in [0.29, 0.717) is 31.6 Å². The number of nitrogens with one attached hydrogen (secondary N) is 1. The van der Waals surface area contributed by atoms with Gasteiger partial charge in [0.05, 0.1) is 42.7 Å². The molecule has 3 aromatic rings. The van der Waals surface area contributed by atoms with Crippen molar-refractivity contribution in [3.8, 4) is 0 Å². The lowest BCUT2D eigenvalue weighted by Crippen LogP contribution is -2.42. The van der Waals surface area contributed by atoms with Crippen molar-refractivity contribution in [2.75, 3.05) is 25.5 Å². The Bertz CT molecular complexity index is 1370. The summed E-state index contributed by atoms with van der Waals surface area (Å²) in [7, 11) is 1.19. The van der Waals surface area contributed by atoms with Gasteiger partial charge in [0.25, 0.3) is 0 Å². The summed E-state index contributed by atoms with van der Waals surface area (Å²) in [5.74, 6) is -1.60. The number of aromatic nitrogens is 4. The molecule has 226 valence electrons. The van der Waals surface area contributed by atoms with Gasteiger partial charge >= 0.3 is 18.2 Å². The SMILES string of the molecule is COC(=O)CC(Cc1ccccc1)c1nc(Nc2cnn(C3CCN(C(=O)OC(C)(C)C)CC3)c2)ncc1C(F)(F)F. The maximum atomic E-state index is 14.0. The van der Waals surface area contributed by atoms with Crippen LogP contribution in [0.15, 0.2) is 48.9 Å². The quantitative estimate of drug-likeness (QED) is 0.324. The van der Waals surface area contributed by atoms with Gasteiger partial charge in [-0.15, -0.1) is 0 Å². The van der Waals surface area contributed by atoms with E-state index < -0.39 is 29.2 Å². The second-order valence-electron chi connectivity index (χ2n) is 11.2. The van der Waals surface area contributed by atoms with E-state index in [4.69, 9.17) is 9.47 Å². The molecule has 1 aromatic carbocycles. The van der Waals surface area contributed by atoms with E-state index in [2.05, 4.69) is 20.4 Å². The molecule has 0 radical (unpaired) electrons. The van der Waals surface area contributed by atoms with Crippen LogP contribution in [-0.4, -0.2) is 62.5 Å². The number of amides is 1. The van der Waals surface area contributed by atoms with Gasteiger partial charge in [0.1, 0.15) is 5.60 Å². The lowest BCUT2D eigenvalue weighted by molar-refractivity contribution is -0.143. The number of carbonyl (C=O) groups excluding carboxylic acids is 2. The number of rotatable bonds is 8. The minimum atomic E-state index is -4.72. The molecule has 0 spiro atoms. The zero-order valence-electron chi connectivity index (χ0n) is 24.0. The average Bonchev–Trinajstić information content (AvgIpc) is 3.40. The van der Waals surface area contributed by atoms with Crippen LogP contribution in [0.5, 0.6) is 0 Å². The first-order valence-corrected chi connectivity index (χ1v) is 13.7. The number of hydrogen-bond acceptors (Lipinski definition) is 8. The highest BCUT2D eigenvalue weighted by Gasteiger charge is 2.38. The molecule has 0 aliphatic carbocycles. The van der Waals surface area contributed by atoms with Gasteiger partial charge in [-0.2, -0.15) is 18.3 Å². The molecular weight excluding hydrogens is 553 g/mol. The Morgan fingerprint density at radius 2 is 1.79 bits per heavy atom. The van der Waals surface area contributed by atoms with Crippen molar-refractivity contribution in [2.24, 2.45) is 0 Å². The minimum Gasteiger partial charge on any atom is -0.469 e. The summed E-state index contributed by atoms with van der Waals surface area (Å²) < 4.78 is 54.1. The third-order valence-electron chi connectivity index (χ3n) is 6.82. The average molecular weight is 589 g/mol. The van der Waals surface area contributed by atoms with E-state index in [0.717, 1.165) is 11.8 Å². The Morgan fingerprint density at radius 3 is 2.40 bits per heavy atom. The number of nitrogens with zero attached hydrogens (tertiary/aromatic N) is 5. The largest absolute Gasteiger partial charge is 0.469 e. The number of piperidine rings is 1. The van der Waals surface area contributed by atoms with Crippen LogP contribution in [0.3, 0.4) is 0 Å². The van der Waals surface area contributed by atoms with Crippen molar-refractivity contribution >= 4 is 23.7 Å². The second-order valence-corrected chi connectivity index (χ2v) is 11.2. The van der Waals surface area contributed by atoms with Gasteiger partial charge in [0.15, 0.2) is 0 Å². The van der Waals surface area contributed by atoms with Gasteiger partial charge in [-0.1, -0.05) is 30.3 Å².